The minimum absolute atomic E-state index is 0.426. The lowest BCUT2D eigenvalue weighted by molar-refractivity contribution is -0.140. The first kappa shape index (κ1) is 13.3. The van der Waals surface area contributed by atoms with Crippen LogP contribution >= 0.6 is 0 Å². The van der Waals surface area contributed by atoms with Crippen LogP contribution in [0.2, 0.25) is 0 Å². The number of hydrogen-bond acceptors (Lipinski definition) is 4. The van der Waals surface area contributed by atoms with E-state index in [-0.39, 0.29) is 0 Å². The Morgan fingerprint density at radius 1 is 1.58 bits per heavy atom. The molecule has 2 rings (SSSR count). The molecule has 2 aromatic rings. The van der Waals surface area contributed by atoms with Crippen LogP contribution in [-0.4, -0.2) is 39.4 Å². The molecule has 0 aliphatic heterocycles. The molecular weight excluding hydrogens is 244 g/mol. The second-order valence-electron chi connectivity index (χ2n) is 4.86. The van der Waals surface area contributed by atoms with Gasteiger partial charge in [-0.2, -0.15) is 5.10 Å². The van der Waals surface area contributed by atoms with Gasteiger partial charge in [0.1, 0.15) is 0 Å². The fourth-order valence-electron chi connectivity index (χ4n) is 2.26. The lowest BCUT2D eigenvalue weighted by Crippen LogP contribution is -2.28. The van der Waals surface area contributed by atoms with Crippen LogP contribution < -0.4 is 4.90 Å². The van der Waals surface area contributed by atoms with E-state index in [1.165, 1.54) is 0 Å². The van der Waals surface area contributed by atoms with Gasteiger partial charge in [-0.15, -0.1) is 0 Å². The van der Waals surface area contributed by atoms with Gasteiger partial charge >= 0.3 is 5.97 Å². The smallest absolute Gasteiger partial charge is 0.308 e. The predicted molar refractivity (Wildman–Crippen MR) is 73.3 cm³/mol. The summed E-state index contributed by atoms with van der Waals surface area (Å²) in [5.74, 6) is -1.22. The summed E-state index contributed by atoms with van der Waals surface area (Å²) < 4.78 is 1.74. The van der Waals surface area contributed by atoms with Gasteiger partial charge in [0.05, 0.1) is 22.7 Å². The lowest BCUT2D eigenvalue weighted by atomic mass is 10.1. The van der Waals surface area contributed by atoms with Crippen molar-refractivity contribution < 1.29 is 9.90 Å². The third-order valence-corrected chi connectivity index (χ3v) is 3.26. The summed E-state index contributed by atoms with van der Waals surface area (Å²) in [5, 5.41) is 14.3. The van der Waals surface area contributed by atoms with Crippen molar-refractivity contribution in [3.05, 3.63) is 18.0 Å². The molecule has 6 heteroatoms. The van der Waals surface area contributed by atoms with Gasteiger partial charge in [0.2, 0.25) is 0 Å². The Morgan fingerprint density at radius 3 is 2.89 bits per heavy atom. The highest BCUT2D eigenvalue weighted by Gasteiger charge is 2.18. The summed E-state index contributed by atoms with van der Waals surface area (Å²) >= 11 is 0. The summed E-state index contributed by atoms with van der Waals surface area (Å²) in [4.78, 5) is 17.2. The number of carboxylic acid groups (broad SMARTS) is 1. The van der Waals surface area contributed by atoms with Crippen molar-refractivity contribution in [2.75, 3.05) is 18.5 Å². The quantitative estimate of drug-likeness (QED) is 0.902. The van der Waals surface area contributed by atoms with Crippen LogP contribution in [0.25, 0.3) is 11.0 Å². The molecule has 102 valence electrons. The van der Waals surface area contributed by atoms with Gasteiger partial charge < -0.3 is 10.0 Å². The van der Waals surface area contributed by atoms with E-state index in [2.05, 4.69) is 10.1 Å². The van der Waals surface area contributed by atoms with Crippen LogP contribution in [0.1, 0.15) is 12.6 Å². The van der Waals surface area contributed by atoms with E-state index in [9.17, 15) is 4.79 Å². The molecule has 1 atom stereocenters. The first-order chi connectivity index (χ1) is 8.91. The van der Waals surface area contributed by atoms with Gasteiger partial charge in [-0.05, 0) is 13.0 Å². The zero-order chi connectivity index (χ0) is 14.2. The standard InChI is InChI=1S/C13H18N4O2/c1-8(13(18)19)7-16(3)10-5-6-14-12-11(10)9(2)15-17(12)4/h5-6,8H,7H2,1-4H3,(H,18,19). The van der Waals surface area contributed by atoms with Crippen LogP contribution in [0.4, 0.5) is 5.69 Å². The maximum Gasteiger partial charge on any atom is 0.308 e. The molecule has 0 aliphatic carbocycles. The Kier molecular flexibility index (Phi) is 3.42. The molecule has 1 unspecified atom stereocenters. The molecule has 0 bridgehead atoms. The van der Waals surface area contributed by atoms with Gasteiger partial charge in [-0.25, -0.2) is 4.98 Å². The number of fused-ring (bicyclic) bond motifs is 1. The van der Waals surface area contributed by atoms with E-state index < -0.39 is 11.9 Å². The Labute approximate surface area is 111 Å². The number of carbonyl (C=O) groups is 1. The number of aromatic nitrogens is 3. The lowest BCUT2D eigenvalue weighted by Gasteiger charge is -2.22. The number of carboxylic acids is 1. The van der Waals surface area contributed by atoms with Crippen molar-refractivity contribution in [2.45, 2.75) is 13.8 Å². The Bertz CT molecular complexity index is 620. The van der Waals surface area contributed by atoms with Crippen molar-refractivity contribution in [1.82, 2.24) is 14.8 Å². The maximum absolute atomic E-state index is 10.9. The van der Waals surface area contributed by atoms with E-state index in [0.29, 0.717) is 6.54 Å². The average molecular weight is 262 g/mol. The Hall–Kier alpha value is -2.11. The number of nitrogens with zero attached hydrogens (tertiary/aromatic N) is 4. The zero-order valence-electron chi connectivity index (χ0n) is 11.6. The van der Waals surface area contributed by atoms with Crippen molar-refractivity contribution >= 4 is 22.7 Å². The number of rotatable bonds is 4. The molecule has 1 N–H and O–H groups in total. The highest BCUT2D eigenvalue weighted by molar-refractivity contribution is 5.91. The number of pyridine rings is 1. The molecule has 0 amide bonds. The minimum Gasteiger partial charge on any atom is -0.481 e. The first-order valence-electron chi connectivity index (χ1n) is 6.14. The second kappa shape index (κ2) is 4.87. The molecule has 0 fully saturated rings. The van der Waals surface area contributed by atoms with Gasteiger partial charge in [0.15, 0.2) is 5.65 Å². The van der Waals surface area contributed by atoms with Crippen molar-refractivity contribution in [3.8, 4) is 0 Å². The minimum atomic E-state index is -0.792. The topological polar surface area (TPSA) is 71.2 Å². The van der Waals surface area contributed by atoms with Gasteiger partial charge in [0, 0.05) is 26.8 Å². The predicted octanol–water partition coefficient (Wildman–Crippen LogP) is 1.43. The van der Waals surface area contributed by atoms with E-state index in [1.807, 2.05) is 32.0 Å². The molecule has 0 aromatic carbocycles. The Balaban J connectivity index is 2.42. The average Bonchev–Trinajstić information content (AvgIpc) is 2.65. The van der Waals surface area contributed by atoms with Crippen LogP contribution in [-0.2, 0) is 11.8 Å². The highest BCUT2D eigenvalue weighted by Crippen LogP contribution is 2.27. The molecule has 6 nitrogen and oxygen atoms in total. The fourth-order valence-corrected chi connectivity index (χ4v) is 2.26. The normalized spacial score (nSPS) is 12.6. The van der Waals surface area contributed by atoms with Crippen molar-refractivity contribution in [1.29, 1.82) is 0 Å². The largest absolute Gasteiger partial charge is 0.481 e. The third-order valence-electron chi connectivity index (χ3n) is 3.26. The van der Waals surface area contributed by atoms with Gasteiger partial charge in [-0.1, -0.05) is 6.92 Å². The highest BCUT2D eigenvalue weighted by atomic mass is 16.4. The van der Waals surface area contributed by atoms with E-state index >= 15 is 0 Å². The zero-order valence-corrected chi connectivity index (χ0v) is 11.6. The van der Waals surface area contributed by atoms with E-state index in [1.54, 1.807) is 17.8 Å². The summed E-state index contributed by atoms with van der Waals surface area (Å²) in [6.45, 7) is 4.08. The number of aliphatic carboxylic acids is 1. The number of aryl methyl sites for hydroxylation is 2. The number of hydrogen-bond donors (Lipinski definition) is 1. The molecule has 19 heavy (non-hydrogen) atoms. The van der Waals surface area contributed by atoms with Gasteiger partial charge in [0.25, 0.3) is 0 Å². The molecular formula is C13H18N4O2. The van der Waals surface area contributed by atoms with Crippen molar-refractivity contribution in [2.24, 2.45) is 13.0 Å². The molecule has 0 saturated heterocycles. The summed E-state index contributed by atoms with van der Waals surface area (Å²) in [5.41, 5.74) is 2.67. The fraction of sp³-hybridized carbons (Fsp3) is 0.462. The second-order valence-corrected chi connectivity index (χ2v) is 4.86. The molecule has 0 radical (unpaired) electrons. The summed E-state index contributed by atoms with van der Waals surface area (Å²) in [6, 6.07) is 1.89. The summed E-state index contributed by atoms with van der Waals surface area (Å²) in [7, 11) is 3.74. The van der Waals surface area contributed by atoms with E-state index in [4.69, 9.17) is 5.11 Å². The molecule has 2 aromatic heterocycles. The molecule has 2 heterocycles. The molecule has 0 spiro atoms. The Morgan fingerprint density at radius 2 is 2.26 bits per heavy atom. The molecule has 0 aliphatic rings. The van der Waals surface area contributed by atoms with Crippen molar-refractivity contribution in [3.63, 3.8) is 0 Å². The SMILES string of the molecule is Cc1nn(C)c2nccc(N(C)CC(C)C(=O)O)c12. The summed E-state index contributed by atoms with van der Waals surface area (Å²) in [6.07, 6.45) is 1.72. The van der Waals surface area contributed by atoms with Gasteiger partial charge in [-0.3, -0.25) is 9.48 Å². The first-order valence-corrected chi connectivity index (χ1v) is 6.14. The van der Waals surface area contributed by atoms with Crippen LogP contribution in [0.15, 0.2) is 12.3 Å². The monoisotopic (exact) mass is 262 g/mol. The van der Waals surface area contributed by atoms with Crippen LogP contribution in [0.3, 0.4) is 0 Å². The van der Waals surface area contributed by atoms with Crippen LogP contribution in [0.5, 0.6) is 0 Å². The van der Waals surface area contributed by atoms with Crippen LogP contribution in [0, 0.1) is 12.8 Å². The maximum atomic E-state index is 10.9. The number of anilines is 1. The third kappa shape index (κ3) is 2.38. The molecule has 0 saturated carbocycles. The van der Waals surface area contributed by atoms with E-state index in [0.717, 1.165) is 22.4 Å².